The molecule has 0 bridgehead atoms. The van der Waals surface area contributed by atoms with Gasteiger partial charge in [0.2, 0.25) is 0 Å². The van der Waals surface area contributed by atoms with E-state index in [0.29, 0.717) is 0 Å². The van der Waals surface area contributed by atoms with E-state index in [1.54, 1.807) is 0 Å². The van der Waals surface area contributed by atoms with Crippen LogP contribution in [-0.4, -0.2) is 9.97 Å². The Bertz CT molecular complexity index is 359. The van der Waals surface area contributed by atoms with Gasteiger partial charge in [0.15, 0.2) is 0 Å². The van der Waals surface area contributed by atoms with Gasteiger partial charge in [-0.25, -0.2) is 4.98 Å². The van der Waals surface area contributed by atoms with Crippen molar-refractivity contribution in [3.8, 4) is 0 Å². The third kappa shape index (κ3) is 3.13. The molecule has 2 nitrogen and oxygen atoms in total. The topological polar surface area (TPSA) is 25.8 Å². The van der Waals surface area contributed by atoms with Crippen LogP contribution in [0.5, 0.6) is 0 Å². The molecule has 15 heavy (non-hydrogen) atoms. The van der Waals surface area contributed by atoms with E-state index in [0.717, 1.165) is 15.1 Å². The second-order valence-electron chi connectivity index (χ2n) is 5.89. The Morgan fingerprint density at radius 2 is 1.53 bits per heavy atom. The fourth-order valence-corrected chi connectivity index (χ4v) is 2.44. The standard InChI is InChI=1S/C12H19IN2/c1-11(2,3)8-7-14-9(10(13)15-8)12(4,5)6/h7H,1-6H3. The van der Waals surface area contributed by atoms with Gasteiger partial charge >= 0.3 is 0 Å². The SMILES string of the molecule is CC(C)(C)c1cnc(C(C)(C)C)c(I)n1. The number of halogens is 1. The van der Waals surface area contributed by atoms with E-state index in [1.807, 2.05) is 6.20 Å². The van der Waals surface area contributed by atoms with E-state index in [4.69, 9.17) is 0 Å². The molecule has 0 saturated heterocycles. The first-order chi connectivity index (χ1) is 6.62. The second kappa shape index (κ2) is 4.00. The summed E-state index contributed by atoms with van der Waals surface area (Å²) >= 11 is 2.28. The maximum atomic E-state index is 4.64. The van der Waals surface area contributed by atoms with Gasteiger partial charge in [-0.2, -0.15) is 0 Å². The van der Waals surface area contributed by atoms with Crippen LogP contribution in [-0.2, 0) is 10.8 Å². The van der Waals surface area contributed by atoms with Gasteiger partial charge in [-0.3, -0.25) is 4.98 Å². The Labute approximate surface area is 106 Å². The Morgan fingerprint density at radius 1 is 1.00 bits per heavy atom. The van der Waals surface area contributed by atoms with Crippen LogP contribution >= 0.6 is 22.6 Å². The van der Waals surface area contributed by atoms with Crippen molar-refractivity contribution in [1.29, 1.82) is 0 Å². The Balaban J connectivity index is 3.21. The zero-order valence-electron chi connectivity index (χ0n) is 10.3. The van der Waals surface area contributed by atoms with Crippen LogP contribution in [0.4, 0.5) is 0 Å². The van der Waals surface area contributed by atoms with E-state index in [2.05, 4.69) is 74.1 Å². The average Bonchev–Trinajstić information content (AvgIpc) is 1.99. The van der Waals surface area contributed by atoms with E-state index >= 15 is 0 Å². The van der Waals surface area contributed by atoms with Crippen LogP contribution in [0.15, 0.2) is 6.20 Å². The van der Waals surface area contributed by atoms with E-state index in [1.165, 1.54) is 0 Å². The molecule has 1 heterocycles. The van der Waals surface area contributed by atoms with Crippen LogP contribution in [0.1, 0.15) is 52.9 Å². The fraction of sp³-hybridized carbons (Fsp3) is 0.667. The largest absolute Gasteiger partial charge is 0.256 e. The van der Waals surface area contributed by atoms with E-state index in [9.17, 15) is 0 Å². The number of hydrogen-bond donors (Lipinski definition) is 0. The molecule has 0 radical (unpaired) electrons. The van der Waals surface area contributed by atoms with E-state index in [-0.39, 0.29) is 10.8 Å². The summed E-state index contributed by atoms with van der Waals surface area (Å²) in [6.45, 7) is 13.0. The molecule has 84 valence electrons. The molecule has 0 unspecified atom stereocenters. The molecule has 0 fully saturated rings. The zero-order chi connectivity index (χ0) is 11.9. The highest BCUT2D eigenvalue weighted by atomic mass is 127. The summed E-state index contributed by atoms with van der Waals surface area (Å²) in [5, 5.41) is 0. The second-order valence-corrected chi connectivity index (χ2v) is 6.92. The smallest absolute Gasteiger partial charge is 0.123 e. The molecule has 0 saturated carbocycles. The maximum absolute atomic E-state index is 4.64. The third-order valence-corrected chi connectivity index (χ3v) is 2.96. The van der Waals surface area contributed by atoms with E-state index < -0.39 is 0 Å². The molecule has 0 spiro atoms. The van der Waals surface area contributed by atoms with Crippen molar-refractivity contribution >= 4 is 22.6 Å². The van der Waals surface area contributed by atoms with Crippen LogP contribution in [0.3, 0.4) is 0 Å². The van der Waals surface area contributed by atoms with Gasteiger partial charge in [0, 0.05) is 17.0 Å². The molecule has 1 aromatic rings. The number of nitrogens with zero attached hydrogens (tertiary/aromatic N) is 2. The summed E-state index contributed by atoms with van der Waals surface area (Å²) in [5.74, 6) is 0. The first-order valence-electron chi connectivity index (χ1n) is 5.16. The monoisotopic (exact) mass is 318 g/mol. The molecule has 0 N–H and O–H groups in total. The molecule has 0 aromatic carbocycles. The van der Waals surface area contributed by atoms with Gasteiger partial charge in [-0.15, -0.1) is 0 Å². The highest BCUT2D eigenvalue weighted by Crippen LogP contribution is 2.26. The first kappa shape index (κ1) is 12.9. The molecule has 0 aliphatic carbocycles. The molecular weight excluding hydrogens is 299 g/mol. The summed E-state index contributed by atoms with van der Waals surface area (Å²) < 4.78 is 1.02. The lowest BCUT2D eigenvalue weighted by molar-refractivity contribution is 0.534. The van der Waals surface area contributed by atoms with Crippen LogP contribution < -0.4 is 0 Å². The zero-order valence-corrected chi connectivity index (χ0v) is 12.5. The van der Waals surface area contributed by atoms with Crippen molar-refractivity contribution in [2.45, 2.75) is 52.4 Å². The van der Waals surface area contributed by atoms with Gasteiger partial charge in [0.1, 0.15) is 3.70 Å². The summed E-state index contributed by atoms with van der Waals surface area (Å²) in [4.78, 5) is 9.18. The minimum Gasteiger partial charge on any atom is -0.256 e. The predicted octanol–water partition coefficient (Wildman–Crippen LogP) is 3.68. The lowest BCUT2D eigenvalue weighted by atomic mass is 9.90. The van der Waals surface area contributed by atoms with Crippen molar-refractivity contribution < 1.29 is 0 Å². The molecular formula is C12H19IN2. The van der Waals surface area contributed by atoms with Gasteiger partial charge in [-0.05, 0) is 22.6 Å². The highest BCUT2D eigenvalue weighted by molar-refractivity contribution is 14.1. The van der Waals surface area contributed by atoms with Gasteiger partial charge in [0.05, 0.1) is 11.4 Å². The molecule has 0 aliphatic rings. The van der Waals surface area contributed by atoms with Crippen LogP contribution in [0, 0.1) is 3.70 Å². The van der Waals surface area contributed by atoms with Crippen LogP contribution in [0.25, 0.3) is 0 Å². The molecule has 1 aromatic heterocycles. The quantitative estimate of drug-likeness (QED) is 0.682. The van der Waals surface area contributed by atoms with Gasteiger partial charge in [0.25, 0.3) is 0 Å². The summed E-state index contributed by atoms with van der Waals surface area (Å²) in [5.41, 5.74) is 2.28. The lowest BCUT2D eigenvalue weighted by Gasteiger charge is -2.22. The number of hydrogen-bond acceptors (Lipinski definition) is 2. The number of rotatable bonds is 0. The highest BCUT2D eigenvalue weighted by Gasteiger charge is 2.23. The fourth-order valence-electron chi connectivity index (χ4n) is 1.23. The van der Waals surface area contributed by atoms with Crippen molar-refractivity contribution in [2.75, 3.05) is 0 Å². The Morgan fingerprint density at radius 3 is 1.87 bits per heavy atom. The predicted molar refractivity (Wildman–Crippen MR) is 72.1 cm³/mol. The van der Waals surface area contributed by atoms with Crippen molar-refractivity contribution in [3.63, 3.8) is 0 Å². The maximum Gasteiger partial charge on any atom is 0.123 e. The van der Waals surface area contributed by atoms with Gasteiger partial charge in [-0.1, -0.05) is 41.5 Å². The molecule has 3 heteroatoms. The normalized spacial score (nSPS) is 13.0. The average molecular weight is 318 g/mol. The Hall–Kier alpha value is -0.190. The van der Waals surface area contributed by atoms with Gasteiger partial charge < -0.3 is 0 Å². The van der Waals surface area contributed by atoms with Crippen molar-refractivity contribution in [3.05, 3.63) is 21.3 Å². The third-order valence-electron chi connectivity index (χ3n) is 2.21. The molecule has 1 rings (SSSR count). The van der Waals surface area contributed by atoms with Crippen LogP contribution in [0.2, 0.25) is 0 Å². The summed E-state index contributed by atoms with van der Waals surface area (Å²) in [6.07, 6.45) is 1.91. The van der Waals surface area contributed by atoms with Crippen molar-refractivity contribution in [1.82, 2.24) is 9.97 Å². The minimum atomic E-state index is 0.0694. The molecule has 0 atom stereocenters. The summed E-state index contributed by atoms with van der Waals surface area (Å²) in [6, 6.07) is 0. The molecule has 0 amide bonds. The minimum absolute atomic E-state index is 0.0694. The van der Waals surface area contributed by atoms with Crippen molar-refractivity contribution in [2.24, 2.45) is 0 Å². The summed E-state index contributed by atoms with van der Waals surface area (Å²) in [7, 11) is 0. The Kier molecular flexibility index (Phi) is 3.43. The first-order valence-corrected chi connectivity index (χ1v) is 6.24. The molecule has 0 aliphatic heterocycles. The lowest BCUT2D eigenvalue weighted by Crippen LogP contribution is -2.21. The number of aromatic nitrogens is 2.